The maximum absolute atomic E-state index is 11.5. The number of nitrogens with zero attached hydrogens (tertiary/aromatic N) is 1. The number of likely N-dealkylation sites (tertiary alicyclic amines) is 1. The average molecular weight is 710 g/mol. The molecule has 0 unspecified atom stereocenters. The molecule has 17 heteroatoms. The molecular formula is C33H43NO16. The molecule has 0 spiro atoms. The van der Waals surface area contributed by atoms with Crippen LogP contribution in [0.1, 0.15) is 51.9 Å². The molecule has 1 fully saturated rings. The van der Waals surface area contributed by atoms with Gasteiger partial charge in [0, 0.05) is 19.1 Å². The number of hydrogen-bond donors (Lipinski definition) is 6. The highest BCUT2D eigenvalue weighted by Crippen LogP contribution is 2.37. The van der Waals surface area contributed by atoms with Gasteiger partial charge in [0.1, 0.15) is 30.3 Å². The number of piperidine rings is 1. The van der Waals surface area contributed by atoms with E-state index in [0.717, 1.165) is 33.0 Å². The molecule has 0 atom stereocenters. The standard InChI is InChI=1S/C25H31NO7.C6H8O7.C2H4O2/c27-25(9-4-12-26-10-2-1-3-11-26,15-28-19-5-7-21-23(13-19)32-17-30-21)16-29-20-6-8-22-24(14-20)33-18-31-22;7-3(8)1-6(13,5(11)12)2-4(9)10;1-2(3)4/h5-8,13-14,27H,1-4,9-12,15-18H2;13H,1-2H2,(H,7,8)(H,9,10)(H,11,12);1H3,(H,3,4). The van der Waals surface area contributed by atoms with Crippen LogP contribution in [-0.4, -0.2) is 117 Å². The van der Waals surface area contributed by atoms with Gasteiger partial charge in [-0.05, 0) is 69.6 Å². The Hall–Kier alpha value is -5.00. The van der Waals surface area contributed by atoms with Crippen LogP contribution in [0.4, 0.5) is 0 Å². The summed E-state index contributed by atoms with van der Waals surface area (Å²) in [6.45, 7) is 4.97. The van der Waals surface area contributed by atoms with E-state index in [2.05, 4.69) is 4.90 Å². The highest BCUT2D eigenvalue weighted by Gasteiger charge is 2.40. The molecule has 0 bridgehead atoms. The third kappa shape index (κ3) is 13.1. The zero-order valence-electron chi connectivity index (χ0n) is 27.6. The maximum Gasteiger partial charge on any atom is 0.336 e. The Morgan fingerprint density at radius 1 is 0.720 bits per heavy atom. The minimum Gasteiger partial charge on any atom is -0.490 e. The summed E-state index contributed by atoms with van der Waals surface area (Å²) in [6, 6.07) is 10.8. The lowest BCUT2D eigenvalue weighted by atomic mass is 9.96. The number of aliphatic carboxylic acids is 4. The molecule has 50 heavy (non-hydrogen) atoms. The summed E-state index contributed by atoms with van der Waals surface area (Å²) in [7, 11) is 0. The van der Waals surface area contributed by atoms with Crippen molar-refractivity contribution < 1.29 is 78.2 Å². The van der Waals surface area contributed by atoms with Crippen LogP contribution in [0.3, 0.4) is 0 Å². The summed E-state index contributed by atoms with van der Waals surface area (Å²) in [5, 5.41) is 52.7. The van der Waals surface area contributed by atoms with E-state index in [-0.39, 0.29) is 26.8 Å². The smallest absolute Gasteiger partial charge is 0.336 e. The van der Waals surface area contributed by atoms with Crippen LogP contribution in [0, 0.1) is 0 Å². The number of benzene rings is 2. The third-order valence-corrected chi connectivity index (χ3v) is 7.55. The molecule has 6 N–H and O–H groups in total. The summed E-state index contributed by atoms with van der Waals surface area (Å²) >= 11 is 0. The predicted molar refractivity (Wildman–Crippen MR) is 171 cm³/mol. The molecule has 3 aliphatic heterocycles. The number of hydrogen-bond acceptors (Lipinski definition) is 13. The van der Waals surface area contributed by atoms with Crippen molar-refractivity contribution >= 4 is 23.9 Å². The first kappa shape index (κ1) is 39.4. The van der Waals surface area contributed by atoms with Crippen LogP contribution < -0.4 is 28.4 Å². The largest absolute Gasteiger partial charge is 0.490 e. The van der Waals surface area contributed by atoms with E-state index in [0.29, 0.717) is 40.9 Å². The molecule has 0 saturated carbocycles. The Morgan fingerprint density at radius 3 is 1.58 bits per heavy atom. The highest BCUT2D eigenvalue weighted by molar-refractivity contribution is 5.88. The Kier molecular flexibility index (Phi) is 14.7. The average Bonchev–Trinajstić information content (AvgIpc) is 3.72. The van der Waals surface area contributed by atoms with Gasteiger partial charge in [-0.3, -0.25) is 14.4 Å². The number of carboxylic acid groups (broad SMARTS) is 4. The fourth-order valence-corrected chi connectivity index (χ4v) is 5.08. The van der Waals surface area contributed by atoms with Crippen LogP contribution in [-0.2, 0) is 19.2 Å². The SMILES string of the molecule is CC(=O)O.O=C(O)CC(O)(CC(=O)O)C(=O)O.OC(CCCN1CCCCC1)(COc1ccc2c(c1)OCO2)COc1ccc2c(c1)OCO2. The maximum atomic E-state index is 11.5. The first-order valence-corrected chi connectivity index (χ1v) is 15.8. The van der Waals surface area contributed by atoms with Crippen molar-refractivity contribution in [1.82, 2.24) is 4.90 Å². The summed E-state index contributed by atoms with van der Waals surface area (Å²) in [6.07, 6.45) is 2.97. The van der Waals surface area contributed by atoms with Crippen molar-refractivity contribution in [2.24, 2.45) is 0 Å². The second-order valence-electron chi connectivity index (χ2n) is 11.8. The van der Waals surface area contributed by atoms with E-state index < -0.39 is 47.9 Å². The second-order valence-corrected chi connectivity index (χ2v) is 11.8. The Labute approximate surface area is 287 Å². The Bertz CT molecular complexity index is 1380. The van der Waals surface area contributed by atoms with E-state index in [1.807, 2.05) is 24.3 Å². The second kappa shape index (κ2) is 18.7. The van der Waals surface area contributed by atoms with Crippen LogP contribution in [0.25, 0.3) is 0 Å². The van der Waals surface area contributed by atoms with Gasteiger partial charge in [0.15, 0.2) is 28.6 Å². The quantitative estimate of drug-likeness (QED) is 0.155. The van der Waals surface area contributed by atoms with Gasteiger partial charge in [-0.15, -0.1) is 0 Å². The topological polar surface area (TPSA) is 248 Å². The summed E-state index contributed by atoms with van der Waals surface area (Å²) in [4.78, 5) is 42.0. The van der Waals surface area contributed by atoms with Crippen LogP contribution in [0.2, 0.25) is 0 Å². The van der Waals surface area contributed by atoms with Crippen molar-refractivity contribution in [3.05, 3.63) is 36.4 Å². The van der Waals surface area contributed by atoms with Crippen molar-refractivity contribution in [2.75, 3.05) is 46.4 Å². The molecule has 17 nitrogen and oxygen atoms in total. The van der Waals surface area contributed by atoms with E-state index in [9.17, 15) is 19.5 Å². The molecule has 0 amide bonds. The number of carboxylic acids is 4. The lowest BCUT2D eigenvalue weighted by molar-refractivity contribution is -0.170. The van der Waals surface area contributed by atoms with Crippen LogP contribution in [0.5, 0.6) is 34.5 Å². The predicted octanol–water partition coefficient (Wildman–Crippen LogP) is 2.44. The summed E-state index contributed by atoms with van der Waals surface area (Å²) in [5.41, 5.74) is -3.89. The van der Waals surface area contributed by atoms with Gasteiger partial charge in [-0.1, -0.05) is 6.42 Å². The Morgan fingerprint density at radius 2 is 1.16 bits per heavy atom. The van der Waals surface area contributed by atoms with Gasteiger partial charge in [-0.2, -0.15) is 0 Å². The van der Waals surface area contributed by atoms with Gasteiger partial charge in [0.25, 0.3) is 5.97 Å². The lowest BCUT2D eigenvalue weighted by Gasteiger charge is -2.31. The normalized spacial score (nSPS) is 14.7. The molecule has 5 rings (SSSR count). The number of aliphatic hydroxyl groups is 2. The van der Waals surface area contributed by atoms with Gasteiger partial charge < -0.3 is 64.0 Å². The van der Waals surface area contributed by atoms with Crippen molar-refractivity contribution in [3.63, 3.8) is 0 Å². The minimum atomic E-state index is -2.74. The van der Waals surface area contributed by atoms with E-state index >= 15 is 0 Å². The van der Waals surface area contributed by atoms with Gasteiger partial charge in [-0.25, -0.2) is 4.79 Å². The van der Waals surface area contributed by atoms with E-state index in [4.69, 9.17) is 58.7 Å². The van der Waals surface area contributed by atoms with Crippen LogP contribution >= 0.6 is 0 Å². The molecule has 3 heterocycles. The van der Waals surface area contributed by atoms with Crippen molar-refractivity contribution in [3.8, 4) is 34.5 Å². The first-order chi connectivity index (χ1) is 23.7. The summed E-state index contributed by atoms with van der Waals surface area (Å²) in [5.74, 6) is -1.91. The number of rotatable bonds is 15. The number of fused-ring (bicyclic) bond motifs is 2. The molecule has 1 saturated heterocycles. The highest BCUT2D eigenvalue weighted by atomic mass is 16.7. The molecule has 0 radical (unpaired) electrons. The van der Waals surface area contributed by atoms with Crippen molar-refractivity contribution in [1.29, 1.82) is 0 Å². The monoisotopic (exact) mass is 709 g/mol. The van der Waals surface area contributed by atoms with Crippen LogP contribution in [0.15, 0.2) is 36.4 Å². The van der Waals surface area contributed by atoms with E-state index in [1.165, 1.54) is 19.3 Å². The minimum absolute atomic E-state index is 0.108. The van der Waals surface area contributed by atoms with Gasteiger partial charge in [0.2, 0.25) is 13.6 Å². The number of ether oxygens (including phenoxy) is 6. The lowest BCUT2D eigenvalue weighted by Crippen LogP contribution is -2.43. The zero-order valence-corrected chi connectivity index (χ0v) is 27.6. The number of carbonyl (C=O) groups is 4. The molecule has 276 valence electrons. The fraction of sp³-hybridized carbons (Fsp3) is 0.515. The molecule has 2 aromatic carbocycles. The Balaban J connectivity index is 0.000000334. The molecule has 2 aromatic rings. The molecule has 0 aliphatic carbocycles. The van der Waals surface area contributed by atoms with E-state index in [1.54, 1.807) is 12.1 Å². The summed E-state index contributed by atoms with van der Waals surface area (Å²) < 4.78 is 33.5. The molecule has 3 aliphatic rings. The van der Waals surface area contributed by atoms with Crippen molar-refractivity contribution in [2.45, 2.75) is 63.1 Å². The fourth-order valence-electron chi connectivity index (χ4n) is 5.08. The molecular weight excluding hydrogens is 666 g/mol. The third-order valence-electron chi connectivity index (χ3n) is 7.55. The first-order valence-electron chi connectivity index (χ1n) is 15.8. The van der Waals surface area contributed by atoms with Gasteiger partial charge >= 0.3 is 17.9 Å². The van der Waals surface area contributed by atoms with Gasteiger partial charge in [0.05, 0.1) is 12.8 Å². The zero-order chi connectivity index (χ0) is 36.7. The molecule has 0 aromatic heterocycles.